The van der Waals surface area contributed by atoms with Gasteiger partial charge in [0, 0.05) is 67.3 Å². The van der Waals surface area contributed by atoms with E-state index in [1.807, 2.05) is 60.7 Å². The van der Waals surface area contributed by atoms with E-state index in [0.717, 1.165) is 39.0 Å². The first-order chi connectivity index (χ1) is 30.8. The van der Waals surface area contributed by atoms with Gasteiger partial charge in [-0.3, -0.25) is 24.4 Å². The first kappa shape index (κ1) is 47.6. The molecule has 0 saturated carbocycles. The van der Waals surface area contributed by atoms with Crippen molar-refractivity contribution in [3.05, 3.63) is 53.6 Å². The van der Waals surface area contributed by atoms with Crippen LogP contribution in [0.5, 0.6) is 0 Å². The summed E-state index contributed by atoms with van der Waals surface area (Å²) >= 11 is 0. The zero-order valence-electron chi connectivity index (χ0n) is 39.9. The van der Waals surface area contributed by atoms with E-state index in [1.165, 1.54) is 5.01 Å². The molecule has 2 saturated heterocycles. The van der Waals surface area contributed by atoms with Gasteiger partial charge in [-0.25, -0.2) is 19.9 Å². The topological polar surface area (TPSA) is 184 Å². The third-order valence-corrected chi connectivity index (χ3v) is 12.5. The molecular formula is C48H67N9O8. The summed E-state index contributed by atoms with van der Waals surface area (Å²) in [6.07, 6.45) is 2.45. The van der Waals surface area contributed by atoms with Crippen molar-refractivity contribution in [2.75, 3.05) is 40.0 Å². The molecule has 4 atom stereocenters. The fraction of sp³-hybridized carbons (Fsp3) is 0.604. The predicted molar refractivity (Wildman–Crippen MR) is 244 cm³/mol. The molecule has 3 amide bonds. The number of aromatic nitrogens is 5. The molecule has 0 spiro atoms. The number of fused-ring (bicyclic) bond motifs is 6. The fourth-order valence-electron chi connectivity index (χ4n) is 8.90. The standard InChI is InChI=1S/C48H67N9O8/c1-12-56-38-18-17-30-21-33(38)34(41(56)32-15-13-19-49-40(32)29(4)62-11)23-48(8,9)27-64-45(60)36-16-14-20-57(52-36)44(59)37(22-39-51-42(30)54(10)53-39)50-43(58)35(28(2)3)26-63-31-24-55(25-31)46(61)65-47(5,6)7/h13,15,17-19,21,28-29,31,35-37,52H,12,14,16,20,22-27H2,1-11H3,(H,50,58)/t29-,35-,36-,37-/m0/s1. The minimum Gasteiger partial charge on any atom is -0.464 e. The van der Waals surface area contributed by atoms with Crippen LogP contribution in [0.3, 0.4) is 0 Å². The maximum Gasteiger partial charge on any atom is 0.410 e. The molecule has 6 heterocycles. The number of likely N-dealkylation sites (tertiary alicyclic amines) is 1. The molecule has 65 heavy (non-hydrogen) atoms. The van der Waals surface area contributed by atoms with Crippen LogP contribution in [0.15, 0.2) is 36.5 Å². The van der Waals surface area contributed by atoms with Crippen LogP contribution in [0, 0.1) is 17.3 Å². The molecule has 17 nitrogen and oxygen atoms in total. The SMILES string of the molecule is CCn1c(-c2cccnc2[C@H](C)OC)c2c3cc(ccc31)-c1nc(nn1C)C[C@H](NC(=O)[C@@H](COC1CN(C(=O)OC(C)(C)C)C1)C(C)C)C(=O)N1CCC[C@H](N1)C(=O)OCC(C)(C)C2. The molecular weight excluding hydrogens is 831 g/mol. The van der Waals surface area contributed by atoms with E-state index < -0.39 is 47.0 Å². The molecule has 6 bridgehead atoms. The Balaban J connectivity index is 1.23. The van der Waals surface area contributed by atoms with Crippen LogP contribution in [0.2, 0.25) is 0 Å². The smallest absolute Gasteiger partial charge is 0.410 e. The van der Waals surface area contributed by atoms with Crippen LogP contribution < -0.4 is 10.7 Å². The lowest BCUT2D eigenvalue weighted by Crippen LogP contribution is -2.61. The predicted octanol–water partition coefficient (Wildman–Crippen LogP) is 5.78. The first-order valence-electron chi connectivity index (χ1n) is 22.9. The Morgan fingerprint density at radius 3 is 2.55 bits per heavy atom. The van der Waals surface area contributed by atoms with Crippen molar-refractivity contribution in [1.82, 2.24) is 45.0 Å². The van der Waals surface area contributed by atoms with Gasteiger partial charge < -0.3 is 33.7 Å². The normalized spacial score (nSPS) is 20.6. The Bertz CT molecular complexity index is 2390. The molecule has 2 N–H and O–H groups in total. The second-order valence-electron chi connectivity index (χ2n) is 19.8. The number of methoxy groups -OCH3 is 1. The largest absolute Gasteiger partial charge is 0.464 e. The molecule has 0 aliphatic carbocycles. The number of esters is 1. The Labute approximate surface area is 381 Å². The molecule has 3 aliphatic rings. The van der Waals surface area contributed by atoms with Gasteiger partial charge in [0.05, 0.1) is 55.8 Å². The van der Waals surface area contributed by atoms with Gasteiger partial charge in [0.1, 0.15) is 17.7 Å². The van der Waals surface area contributed by atoms with Gasteiger partial charge in [0.2, 0.25) is 5.91 Å². The van der Waals surface area contributed by atoms with Gasteiger partial charge in [0.25, 0.3) is 5.91 Å². The van der Waals surface area contributed by atoms with Crippen LogP contribution in [0.25, 0.3) is 33.5 Å². The molecule has 4 aromatic rings. The highest BCUT2D eigenvalue weighted by atomic mass is 16.6. The van der Waals surface area contributed by atoms with Crippen molar-refractivity contribution < 1.29 is 38.1 Å². The van der Waals surface area contributed by atoms with Crippen LogP contribution in [0.4, 0.5) is 4.79 Å². The number of pyridine rings is 1. The molecule has 2 fully saturated rings. The zero-order valence-corrected chi connectivity index (χ0v) is 39.9. The lowest BCUT2D eigenvalue weighted by Gasteiger charge is -2.40. The van der Waals surface area contributed by atoms with Gasteiger partial charge in [-0.15, -0.1) is 0 Å². The summed E-state index contributed by atoms with van der Waals surface area (Å²) in [6, 6.07) is 8.47. The number of cyclic esters (lactones) is 1. The van der Waals surface area contributed by atoms with Crippen LogP contribution in [-0.2, 0) is 59.8 Å². The second kappa shape index (κ2) is 19.2. The van der Waals surface area contributed by atoms with Crippen molar-refractivity contribution in [1.29, 1.82) is 0 Å². The molecule has 0 radical (unpaired) electrons. The highest BCUT2D eigenvalue weighted by Gasteiger charge is 2.39. The van der Waals surface area contributed by atoms with Crippen LogP contribution in [0.1, 0.15) is 98.3 Å². The minimum atomic E-state index is -1.08. The van der Waals surface area contributed by atoms with E-state index >= 15 is 0 Å². The van der Waals surface area contributed by atoms with E-state index in [-0.39, 0.29) is 43.7 Å². The lowest BCUT2D eigenvalue weighted by molar-refractivity contribution is -0.155. The summed E-state index contributed by atoms with van der Waals surface area (Å²) in [4.78, 5) is 66.5. The molecule has 0 unspecified atom stereocenters. The third-order valence-electron chi connectivity index (χ3n) is 12.5. The molecule has 3 aromatic heterocycles. The number of ether oxygens (including phenoxy) is 4. The van der Waals surface area contributed by atoms with Gasteiger partial charge in [-0.2, -0.15) is 5.10 Å². The van der Waals surface area contributed by atoms with Crippen molar-refractivity contribution >= 4 is 34.8 Å². The Morgan fingerprint density at radius 2 is 1.86 bits per heavy atom. The average Bonchev–Trinajstić information content (AvgIpc) is 3.76. The second-order valence-corrected chi connectivity index (χ2v) is 19.8. The van der Waals surface area contributed by atoms with Gasteiger partial charge in [0.15, 0.2) is 11.6 Å². The summed E-state index contributed by atoms with van der Waals surface area (Å²) in [7, 11) is 3.51. The summed E-state index contributed by atoms with van der Waals surface area (Å²) in [5.74, 6) is -1.01. The van der Waals surface area contributed by atoms with Gasteiger partial charge in [-0.1, -0.05) is 27.7 Å². The number of nitrogens with zero attached hydrogens (tertiary/aromatic N) is 7. The van der Waals surface area contributed by atoms with Crippen molar-refractivity contribution in [2.24, 2.45) is 24.3 Å². The highest BCUT2D eigenvalue weighted by molar-refractivity contribution is 5.95. The number of carbonyl (C=O) groups is 4. The van der Waals surface area contributed by atoms with E-state index in [4.69, 9.17) is 34.0 Å². The number of hydrogen-bond donors (Lipinski definition) is 2. The van der Waals surface area contributed by atoms with Crippen LogP contribution >= 0.6 is 0 Å². The molecule has 7 rings (SSSR count). The van der Waals surface area contributed by atoms with E-state index in [9.17, 15) is 19.2 Å². The van der Waals surface area contributed by atoms with Gasteiger partial charge >= 0.3 is 12.1 Å². The van der Waals surface area contributed by atoms with E-state index in [2.05, 4.69) is 54.3 Å². The number of carbonyl (C=O) groups excluding carboxylic acids is 4. The molecule has 17 heteroatoms. The number of benzene rings is 1. The number of hydrogen-bond acceptors (Lipinski definition) is 12. The molecule has 352 valence electrons. The quantitative estimate of drug-likeness (QED) is 0.183. The first-order valence-corrected chi connectivity index (χ1v) is 22.9. The minimum absolute atomic E-state index is 0.00956. The van der Waals surface area contributed by atoms with Gasteiger partial charge in [-0.05, 0) is 95.7 Å². The fourth-order valence-corrected chi connectivity index (χ4v) is 8.90. The van der Waals surface area contributed by atoms with Crippen molar-refractivity contribution in [3.8, 4) is 22.6 Å². The number of amides is 3. The lowest BCUT2D eigenvalue weighted by atomic mass is 9.84. The van der Waals surface area contributed by atoms with E-state index in [0.29, 0.717) is 57.1 Å². The average molecular weight is 898 g/mol. The number of nitrogens with one attached hydrogen (secondary N) is 2. The monoisotopic (exact) mass is 898 g/mol. The Hall–Kier alpha value is -5.39. The van der Waals surface area contributed by atoms with E-state index in [1.54, 1.807) is 22.9 Å². The summed E-state index contributed by atoms with van der Waals surface area (Å²) in [5.41, 5.74) is 7.79. The maximum absolute atomic E-state index is 14.6. The molecule has 3 aliphatic heterocycles. The number of rotatable bonds is 10. The summed E-state index contributed by atoms with van der Waals surface area (Å²) < 4.78 is 27.6. The van der Waals surface area contributed by atoms with Crippen LogP contribution in [-0.4, -0.2) is 122 Å². The third kappa shape index (κ3) is 10.5. The maximum atomic E-state index is 14.6. The Morgan fingerprint density at radius 1 is 1.11 bits per heavy atom. The van der Waals surface area contributed by atoms with Crippen molar-refractivity contribution in [2.45, 2.75) is 124 Å². The molecule has 1 aromatic carbocycles. The summed E-state index contributed by atoms with van der Waals surface area (Å²) in [5, 5.41) is 10.3. The Kier molecular flexibility index (Phi) is 14.1. The number of aryl methyl sites for hydroxylation is 2. The highest BCUT2D eigenvalue weighted by Crippen LogP contribution is 2.42. The zero-order chi connectivity index (χ0) is 47.0. The number of hydrazine groups is 1. The summed E-state index contributed by atoms with van der Waals surface area (Å²) in [6.45, 7) is 19.6. The van der Waals surface area contributed by atoms with Crippen molar-refractivity contribution in [3.63, 3.8) is 0 Å².